The maximum atomic E-state index is 12.2. The molecule has 0 bridgehead atoms. The maximum absolute atomic E-state index is 12.2. The summed E-state index contributed by atoms with van der Waals surface area (Å²) in [6.45, 7) is 2.67. The lowest BCUT2D eigenvalue weighted by Gasteiger charge is -2.10. The number of carbonyl (C=O) groups excluding carboxylic acids is 1. The van der Waals surface area contributed by atoms with Gasteiger partial charge in [-0.15, -0.1) is 0 Å². The number of anilines is 1. The number of methoxy groups -OCH3 is 2. The summed E-state index contributed by atoms with van der Waals surface area (Å²) in [4.78, 5) is 16.6. The van der Waals surface area contributed by atoms with Gasteiger partial charge in [-0.05, 0) is 48.4 Å². The lowest BCUT2D eigenvalue weighted by atomic mass is 10.2. The molecule has 0 saturated carbocycles. The van der Waals surface area contributed by atoms with Gasteiger partial charge in [0.2, 0.25) is 5.91 Å². The van der Waals surface area contributed by atoms with Crippen LogP contribution in [0.25, 0.3) is 16.3 Å². The van der Waals surface area contributed by atoms with Crippen LogP contribution in [0.5, 0.6) is 17.2 Å². The molecule has 0 atom stereocenters. The van der Waals surface area contributed by atoms with Crippen molar-refractivity contribution in [3.05, 3.63) is 48.0 Å². The first-order valence-electron chi connectivity index (χ1n) is 8.87. The molecular formula is C21H22N2O4S. The Bertz CT molecular complexity index is 997. The molecule has 0 aliphatic rings. The molecule has 3 rings (SSSR count). The Balaban J connectivity index is 1.68. The average molecular weight is 398 g/mol. The second kappa shape index (κ2) is 9.23. The van der Waals surface area contributed by atoms with Crippen LogP contribution in [0.4, 0.5) is 5.13 Å². The minimum atomic E-state index is -0.253. The van der Waals surface area contributed by atoms with Gasteiger partial charge in [0.15, 0.2) is 16.6 Å². The van der Waals surface area contributed by atoms with Crippen molar-refractivity contribution < 1.29 is 19.0 Å². The molecule has 1 aromatic heterocycles. The van der Waals surface area contributed by atoms with Crippen molar-refractivity contribution in [2.75, 3.05) is 26.1 Å². The molecule has 0 aliphatic heterocycles. The van der Waals surface area contributed by atoms with Crippen LogP contribution in [0.1, 0.15) is 18.9 Å². The first kappa shape index (κ1) is 19.7. The van der Waals surface area contributed by atoms with E-state index in [2.05, 4.69) is 10.3 Å². The molecule has 0 saturated heterocycles. The average Bonchev–Trinajstić information content (AvgIpc) is 3.11. The molecule has 1 heterocycles. The third kappa shape index (κ3) is 4.80. The summed E-state index contributed by atoms with van der Waals surface area (Å²) in [7, 11) is 3.21. The number of hydrogen-bond acceptors (Lipinski definition) is 6. The van der Waals surface area contributed by atoms with Crippen molar-refractivity contribution in [3.63, 3.8) is 0 Å². The van der Waals surface area contributed by atoms with E-state index >= 15 is 0 Å². The molecule has 0 radical (unpaired) electrons. The van der Waals surface area contributed by atoms with E-state index in [-0.39, 0.29) is 5.91 Å². The normalized spacial score (nSPS) is 11.0. The molecular weight excluding hydrogens is 376 g/mol. The van der Waals surface area contributed by atoms with Crippen LogP contribution in [0.3, 0.4) is 0 Å². The van der Waals surface area contributed by atoms with Crippen LogP contribution in [0.2, 0.25) is 0 Å². The van der Waals surface area contributed by atoms with Crippen LogP contribution in [-0.4, -0.2) is 31.7 Å². The number of aromatic nitrogens is 1. The maximum Gasteiger partial charge on any atom is 0.250 e. The second-order valence-electron chi connectivity index (χ2n) is 5.93. The van der Waals surface area contributed by atoms with Crippen LogP contribution in [0.15, 0.2) is 42.5 Å². The van der Waals surface area contributed by atoms with Gasteiger partial charge in [0.1, 0.15) is 5.75 Å². The summed E-state index contributed by atoms with van der Waals surface area (Å²) >= 11 is 1.40. The van der Waals surface area contributed by atoms with Gasteiger partial charge < -0.3 is 14.2 Å². The molecule has 0 fully saturated rings. The van der Waals surface area contributed by atoms with Gasteiger partial charge >= 0.3 is 0 Å². The SMILES string of the molecule is CCCOc1ccc(/C=C/C(=O)Nc2nc3ccc(OC)cc3s2)cc1OC. The third-order valence-corrected chi connectivity index (χ3v) is 4.84. The van der Waals surface area contributed by atoms with Crippen LogP contribution >= 0.6 is 11.3 Å². The van der Waals surface area contributed by atoms with Crippen molar-refractivity contribution in [2.24, 2.45) is 0 Å². The molecule has 7 heteroatoms. The fourth-order valence-corrected chi connectivity index (χ4v) is 3.42. The van der Waals surface area contributed by atoms with E-state index < -0.39 is 0 Å². The Morgan fingerprint density at radius 3 is 2.75 bits per heavy atom. The summed E-state index contributed by atoms with van der Waals surface area (Å²) in [6.07, 6.45) is 4.11. The molecule has 3 aromatic rings. The van der Waals surface area contributed by atoms with Crippen molar-refractivity contribution in [3.8, 4) is 17.2 Å². The predicted octanol–water partition coefficient (Wildman–Crippen LogP) is 4.75. The van der Waals surface area contributed by atoms with Crippen LogP contribution in [0, 0.1) is 0 Å². The number of carbonyl (C=O) groups is 1. The number of rotatable bonds is 8. The largest absolute Gasteiger partial charge is 0.497 e. The highest BCUT2D eigenvalue weighted by Crippen LogP contribution is 2.30. The van der Waals surface area contributed by atoms with Crippen LogP contribution in [-0.2, 0) is 4.79 Å². The van der Waals surface area contributed by atoms with Crippen molar-refractivity contribution in [1.82, 2.24) is 4.98 Å². The number of ether oxygens (including phenoxy) is 3. The molecule has 146 valence electrons. The zero-order valence-electron chi connectivity index (χ0n) is 16.0. The van der Waals surface area contributed by atoms with Gasteiger partial charge in [0.05, 0.1) is 31.0 Å². The minimum Gasteiger partial charge on any atom is -0.497 e. The highest BCUT2D eigenvalue weighted by Gasteiger charge is 2.08. The molecule has 1 amide bonds. The summed E-state index contributed by atoms with van der Waals surface area (Å²) in [6, 6.07) is 11.2. The molecule has 0 spiro atoms. The molecule has 0 aliphatic carbocycles. The van der Waals surface area contributed by atoms with E-state index in [0.717, 1.165) is 28.0 Å². The summed E-state index contributed by atoms with van der Waals surface area (Å²) in [5.74, 6) is 1.83. The Kier molecular flexibility index (Phi) is 6.49. The Morgan fingerprint density at radius 2 is 2.00 bits per heavy atom. The zero-order chi connectivity index (χ0) is 19.9. The lowest BCUT2D eigenvalue weighted by Crippen LogP contribution is -2.07. The summed E-state index contributed by atoms with van der Waals surface area (Å²) < 4.78 is 17.2. The molecule has 1 N–H and O–H groups in total. The lowest BCUT2D eigenvalue weighted by molar-refractivity contribution is -0.111. The number of fused-ring (bicyclic) bond motifs is 1. The number of hydrogen-bond donors (Lipinski definition) is 1. The number of amides is 1. The van der Waals surface area contributed by atoms with E-state index in [4.69, 9.17) is 14.2 Å². The van der Waals surface area contributed by atoms with E-state index in [9.17, 15) is 4.79 Å². The number of nitrogens with zero attached hydrogens (tertiary/aromatic N) is 1. The van der Waals surface area contributed by atoms with Gasteiger partial charge in [0.25, 0.3) is 0 Å². The second-order valence-corrected chi connectivity index (χ2v) is 6.96. The van der Waals surface area contributed by atoms with E-state index in [1.807, 2.05) is 43.3 Å². The Labute approximate surface area is 167 Å². The Morgan fingerprint density at radius 1 is 1.14 bits per heavy atom. The predicted molar refractivity (Wildman–Crippen MR) is 113 cm³/mol. The van der Waals surface area contributed by atoms with Crippen molar-refractivity contribution >= 4 is 38.7 Å². The van der Waals surface area contributed by atoms with Gasteiger partial charge in [-0.1, -0.05) is 24.3 Å². The fourth-order valence-electron chi connectivity index (χ4n) is 2.52. The number of nitrogens with one attached hydrogen (secondary N) is 1. The highest BCUT2D eigenvalue weighted by atomic mass is 32.1. The van der Waals surface area contributed by atoms with Gasteiger partial charge in [-0.3, -0.25) is 10.1 Å². The monoisotopic (exact) mass is 398 g/mol. The van der Waals surface area contributed by atoms with Crippen molar-refractivity contribution in [2.45, 2.75) is 13.3 Å². The smallest absolute Gasteiger partial charge is 0.250 e. The van der Waals surface area contributed by atoms with Gasteiger partial charge in [-0.25, -0.2) is 4.98 Å². The quantitative estimate of drug-likeness (QED) is 0.554. The summed E-state index contributed by atoms with van der Waals surface area (Å²) in [5, 5.41) is 3.33. The van der Waals surface area contributed by atoms with E-state index in [1.165, 1.54) is 17.4 Å². The number of benzene rings is 2. The highest BCUT2D eigenvalue weighted by molar-refractivity contribution is 7.22. The van der Waals surface area contributed by atoms with Gasteiger partial charge in [0, 0.05) is 6.08 Å². The standard InChI is InChI=1S/C21H22N2O4S/c1-4-11-27-17-9-5-14(12-18(17)26-3)6-10-20(24)23-21-22-16-8-7-15(25-2)13-19(16)28-21/h5-10,12-13H,4,11H2,1-3H3,(H,22,23,24)/b10-6+. The number of thiazole rings is 1. The molecule has 2 aromatic carbocycles. The minimum absolute atomic E-state index is 0.253. The fraction of sp³-hybridized carbons (Fsp3) is 0.238. The van der Waals surface area contributed by atoms with Gasteiger partial charge in [-0.2, -0.15) is 0 Å². The zero-order valence-corrected chi connectivity index (χ0v) is 16.8. The first-order valence-corrected chi connectivity index (χ1v) is 9.69. The molecule has 28 heavy (non-hydrogen) atoms. The third-order valence-electron chi connectivity index (χ3n) is 3.90. The van der Waals surface area contributed by atoms with E-state index in [1.54, 1.807) is 20.3 Å². The molecule has 6 nitrogen and oxygen atoms in total. The van der Waals surface area contributed by atoms with Crippen molar-refractivity contribution in [1.29, 1.82) is 0 Å². The topological polar surface area (TPSA) is 69.7 Å². The first-order chi connectivity index (χ1) is 13.6. The van der Waals surface area contributed by atoms with E-state index in [0.29, 0.717) is 23.2 Å². The van der Waals surface area contributed by atoms with Crippen LogP contribution < -0.4 is 19.5 Å². The Hall–Kier alpha value is -3.06. The molecule has 0 unspecified atom stereocenters. The summed E-state index contributed by atoms with van der Waals surface area (Å²) in [5.41, 5.74) is 1.65.